The highest BCUT2D eigenvalue weighted by Gasteiger charge is 2.33. The van der Waals surface area contributed by atoms with Crippen molar-refractivity contribution in [1.82, 2.24) is 8.61 Å². The fraction of sp³-hybridized carbons (Fsp3) is 1.00. The molecule has 2 rings (SSSR count). The number of nitrogens with two attached hydrogens (primary N) is 1. The number of piperidine rings is 1. The quantitative estimate of drug-likeness (QED) is 0.777. The molecule has 2 heterocycles. The zero-order chi connectivity index (χ0) is 10.9. The largest absolute Gasteiger partial charge is 0.327 e. The second-order valence-corrected chi connectivity index (χ2v) is 6.30. The van der Waals surface area contributed by atoms with Crippen LogP contribution in [0.4, 0.5) is 0 Å². The Kier molecular flexibility index (Phi) is 5.00. The third kappa shape index (κ3) is 2.87. The molecular weight excluding hydrogens is 250 g/mol. The van der Waals surface area contributed by atoms with Crippen LogP contribution in [-0.4, -0.2) is 49.2 Å². The van der Waals surface area contributed by atoms with Gasteiger partial charge in [0.25, 0.3) is 10.2 Å². The van der Waals surface area contributed by atoms with Crippen molar-refractivity contribution < 1.29 is 8.42 Å². The fourth-order valence-corrected chi connectivity index (χ4v) is 4.05. The van der Waals surface area contributed by atoms with E-state index in [1.807, 2.05) is 0 Å². The van der Waals surface area contributed by atoms with Crippen molar-refractivity contribution in [2.24, 2.45) is 5.73 Å². The Bertz CT molecular complexity index is 317. The fourth-order valence-electron chi connectivity index (χ4n) is 2.27. The lowest BCUT2D eigenvalue weighted by atomic mass is 10.1. The van der Waals surface area contributed by atoms with Gasteiger partial charge in [0, 0.05) is 32.2 Å². The van der Waals surface area contributed by atoms with Crippen LogP contribution in [0, 0.1) is 0 Å². The van der Waals surface area contributed by atoms with E-state index in [4.69, 9.17) is 5.73 Å². The summed E-state index contributed by atoms with van der Waals surface area (Å²) in [6, 6.07) is 0.0103. The van der Waals surface area contributed by atoms with Gasteiger partial charge in [-0.15, -0.1) is 12.4 Å². The van der Waals surface area contributed by atoms with E-state index < -0.39 is 10.2 Å². The molecule has 0 radical (unpaired) electrons. The molecule has 0 amide bonds. The summed E-state index contributed by atoms with van der Waals surface area (Å²) in [6.07, 6.45) is 3.79. The van der Waals surface area contributed by atoms with Gasteiger partial charge in [0.05, 0.1) is 0 Å². The molecule has 0 unspecified atom stereocenters. The Labute approximate surface area is 104 Å². The van der Waals surface area contributed by atoms with Crippen molar-refractivity contribution in [2.45, 2.75) is 31.7 Å². The third-order valence-corrected chi connectivity index (χ3v) is 5.14. The van der Waals surface area contributed by atoms with Crippen LogP contribution < -0.4 is 5.73 Å². The van der Waals surface area contributed by atoms with Crippen LogP contribution in [0.25, 0.3) is 0 Å². The van der Waals surface area contributed by atoms with Gasteiger partial charge in [0.2, 0.25) is 0 Å². The number of hydrogen-bond acceptors (Lipinski definition) is 3. The molecule has 0 aromatic heterocycles. The predicted octanol–water partition coefficient (Wildman–Crippen LogP) is 0.172. The van der Waals surface area contributed by atoms with E-state index in [0.29, 0.717) is 26.2 Å². The summed E-state index contributed by atoms with van der Waals surface area (Å²) in [5.74, 6) is 0. The Balaban J connectivity index is 0.00000128. The Morgan fingerprint density at radius 2 is 1.56 bits per heavy atom. The molecule has 16 heavy (non-hydrogen) atoms. The highest BCUT2D eigenvalue weighted by molar-refractivity contribution is 7.86. The van der Waals surface area contributed by atoms with Crippen LogP contribution in [0.3, 0.4) is 0 Å². The SMILES string of the molecule is Cl.N[C@@H]1CCCN(S(=O)(=O)N2CCCC2)C1. The first-order chi connectivity index (χ1) is 7.10. The lowest BCUT2D eigenvalue weighted by Gasteiger charge is -2.32. The van der Waals surface area contributed by atoms with Gasteiger partial charge in [-0.25, -0.2) is 0 Å². The lowest BCUT2D eigenvalue weighted by molar-refractivity contribution is 0.293. The van der Waals surface area contributed by atoms with Gasteiger partial charge in [-0.2, -0.15) is 17.0 Å². The average Bonchev–Trinajstić information content (AvgIpc) is 2.71. The standard InChI is InChI=1S/C9H19N3O2S.ClH/c10-9-4-3-7-12(8-9)15(13,14)11-5-1-2-6-11;/h9H,1-8,10H2;1H/t9-;/m1./s1. The van der Waals surface area contributed by atoms with Crippen LogP contribution in [0.5, 0.6) is 0 Å². The number of hydrogen-bond donors (Lipinski definition) is 1. The van der Waals surface area contributed by atoms with Crippen molar-refractivity contribution >= 4 is 22.6 Å². The van der Waals surface area contributed by atoms with E-state index in [1.54, 1.807) is 8.61 Å². The van der Waals surface area contributed by atoms with Gasteiger partial charge in [0.15, 0.2) is 0 Å². The van der Waals surface area contributed by atoms with Gasteiger partial charge in [-0.3, -0.25) is 0 Å². The summed E-state index contributed by atoms with van der Waals surface area (Å²) in [7, 11) is -3.21. The molecule has 0 saturated carbocycles. The van der Waals surface area contributed by atoms with E-state index in [-0.39, 0.29) is 18.4 Å². The third-order valence-electron chi connectivity index (χ3n) is 3.14. The maximum absolute atomic E-state index is 12.1. The molecule has 0 spiro atoms. The molecule has 2 aliphatic rings. The first-order valence-corrected chi connectivity index (χ1v) is 7.01. The maximum Gasteiger partial charge on any atom is 0.282 e. The van der Waals surface area contributed by atoms with Crippen molar-refractivity contribution in [3.63, 3.8) is 0 Å². The first kappa shape index (κ1) is 14.2. The smallest absolute Gasteiger partial charge is 0.282 e. The van der Waals surface area contributed by atoms with E-state index in [0.717, 1.165) is 25.7 Å². The van der Waals surface area contributed by atoms with Crippen LogP contribution in [0.15, 0.2) is 0 Å². The number of halogens is 1. The lowest BCUT2D eigenvalue weighted by Crippen LogP contribution is -2.50. The molecular formula is C9H20ClN3O2S. The summed E-state index contributed by atoms with van der Waals surface area (Å²) in [4.78, 5) is 0. The minimum atomic E-state index is -3.21. The van der Waals surface area contributed by atoms with Crippen LogP contribution in [-0.2, 0) is 10.2 Å². The minimum Gasteiger partial charge on any atom is -0.327 e. The molecule has 2 aliphatic heterocycles. The monoisotopic (exact) mass is 269 g/mol. The van der Waals surface area contributed by atoms with Crippen molar-refractivity contribution in [1.29, 1.82) is 0 Å². The summed E-state index contributed by atoms with van der Waals surface area (Å²) in [5.41, 5.74) is 5.80. The number of nitrogens with zero attached hydrogens (tertiary/aromatic N) is 2. The maximum atomic E-state index is 12.1. The van der Waals surface area contributed by atoms with Crippen LogP contribution >= 0.6 is 12.4 Å². The average molecular weight is 270 g/mol. The van der Waals surface area contributed by atoms with E-state index >= 15 is 0 Å². The topological polar surface area (TPSA) is 66.6 Å². The Morgan fingerprint density at radius 1 is 1.00 bits per heavy atom. The highest BCUT2D eigenvalue weighted by atomic mass is 35.5. The molecule has 2 fully saturated rings. The zero-order valence-electron chi connectivity index (χ0n) is 9.34. The molecule has 7 heteroatoms. The zero-order valence-corrected chi connectivity index (χ0v) is 11.0. The van der Waals surface area contributed by atoms with Gasteiger partial charge < -0.3 is 5.73 Å². The van der Waals surface area contributed by atoms with Gasteiger partial charge in [0.1, 0.15) is 0 Å². The Morgan fingerprint density at radius 3 is 2.12 bits per heavy atom. The highest BCUT2D eigenvalue weighted by Crippen LogP contribution is 2.19. The van der Waals surface area contributed by atoms with Gasteiger partial charge in [-0.1, -0.05) is 0 Å². The van der Waals surface area contributed by atoms with Gasteiger partial charge >= 0.3 is 0 Å². The molecule has 0 aromatic rings. The van der Waals surface area contributed by atoms with E-state index in [1.165, 1.54) is 0 Å². The summed E-state index contributed by atoms with van der Waals surface area (Å²) in [6.45, 7) is 2.47. The summed E-state index contributed by atoms with van der Waals surface area (Å²) in [5, 5.41) is 0. The van der Waals surface area contributed by atoms with E-state index in [2.05, 4.69) is 0 Å². The second-order valence-electron chi connectivity index (χ2n) is 4.37. The van der Waals surface area contributed by atoms with Gasteiger partial charge in [-0.05, 0) is 25.7 Å². The summed E-state index contributed by atoms with van der Waals surface area (Å²) < 4.78 is 27.4. The van der Waals surface area contributed by atoms with Crippen molar-refractivity contribution in [2.75, 3.05) is 26.2 Å². The van der Waals surface area contributed by atoms with Crippen molar-refractivity contribution in [3.8, 4) is 0 Å². The Hall–Kier alpha value is 0.120. The first-order valence-electron chi connectivity index (χ1n) is 5.61. The summed E-state index contributed by atoms with van der Waals surface area (Å²) >= 11 is 0. The molecule has 2 saturated heterocycles. The van der Waals surface area contributed by atoms with Crippen LogP contribution in [0.1, 0.15) is 25.7 Å². The molecule has 1 atom stereocenters. The van der Waals surface area contributed by atoms with Crippen LogP contribution in [0.2, 0.25) is 0 Å². The normalized spacial score (nSPS) is 28.9. The molecule has 2 N–H and O–H groups in total. The minimum absolute atomic E-state index is 0. The second kappa shape index (κ2) is 5.64. The predicted molar refractivity (Wildman–Crippen MR) is 65.8 cm³/mol. The molecule has 5 nitrogen and oxygen atoms in total. The van der Waals surface area contributed by atoms with Crippen molar-refractivity contribution in [3.05, 3.63) is 0 Å². The molecule has 96 valence electrons. The number of rotatable bonds is 2. The molecule has 0 bridgehead atoms. The molecule has 0 aliphatic carbocycles. The molecule has 0 aromatic carbocycles. The van der Waals surface area contributed by atoms with E-state index in [9.17, 15) is 8.42 Å².